The van der Waals surface area contributed by atoms with E-state index in [2.05, 4.69) is 0 Å². The second kappa shape index (κ2) is 8.02. The van der Waals surface area contributed by atoms with Crippen LogP contribution >= 0.6 is 0 Å². The highest BCUT2D eigenvalue weighted by molar-refractivity contribution is 7.91. The molecule has 1 fully saturated rings. The van der Waals surface area contributed by atoms with Crippen molar-refractivity contribution < 1.29 is 22.8 Å². The van der Waals surface area contributed by atoms with Crippen LogP contribution in [-0.4, -0.2) is 60.8 Å². The third-order valence-corrected chi connectivity index (χ3v) is 7.45. The van der Waals surface area contributed by atoms with Gasteiger partial charge in [-0.1, -0.05) is 30.3 Å². The fourth-order valence-corrected chi connectivity index (χ4v) is 5.73. The Kier molecular flexibility index (Phi) is 5.42. The van der Waals surface area contributed by atoms with Crippen LogP contribution in [0, 0.1) is 0 Å². The molecule has 0 saturated carbocycles. The summed E-state index contributed by atoms with van der Waals surface area (Å²) >= 11 is 0. The second-order valence-electron chi connectivity index (χ2n) is 7.54. The predicted octanol–water partition coefficient (Wildman–Crippen LogP) is 2.14. The van der Waals surface area contributed by atoms with Gasteiger partial charge in [-0.15, -0.1) is 0 Å². The molecular weight excluding hydrogens is 404 g/mol. The van der Waals surface area contributed by atoms with Crippen LogP contribution in [0.15, 0.2) is 59.5 Å². The molecule has 2 aromatic rings. The van der Waals surface area contributed by atoms with Crippen molar-refractivity contribution in [2.45, 2.75) is 30.2 Å². The molecule has 2 aromatic carbocycles. The van der Waals surface area contributed by atoms with Gasteiger partial charge in [0.2, 0.25) is 5.91 Å². The first kappa shape index (κ1) is 20.3. The highest BCUT2D eigenvalue weighted by Crippen LogP contribution is 2.25. The summed E-state index contributed by atoms with van der Waals surface area (Å²) in [6, 6.07) is 14.4. The van der Waals surface area contributed by atoms with Gasteiger partial charge in [-0.25, -0.2) is 8.42 Å². The maximum Gasteiger partial charge on any atom is 0.261 e. The number of likely N-dealkylation sites (tertiary alicyclic amines) is 1. The molecule has 156 valence electrons. The Labute approximate surface area is 175 Å². The van der Waals surface area contributed by atoms with Crippen LogP contribution in [0.2, 0.25) is 0 Å². The molecule has 0 aliphatic carbocycles. The van der Waals surface area contributed by atoms with Gasteiger partial charge in [0, 0.05) is 25.6 Å². The van der Waals surface area contributed by atoms with Gasteiger partial charge in [0.1, 0.15) is 0 Å². The molecule has 1 saturated heterocycles. The number of hydrogen-bond donors (Lipinski definition) is 0. The molecule has 1 unspecified atom stereocenters. The van der Waals surface area contributed by atoms with Gasteiger partial charge in [-0.2, -0.15) is 0 Å². The summed E-state index contributed by atoms with van der Waals surface area (Å²) in [6.45, 7) is 0.468. The maximum atomic E-state index is 12.8. The van der Waals surface area contributed by atoms with E-state index in [0.29, 0.717) is 24.1 Å². The number of benzene rings is 2. The fraction of sp³-hybridized carbons (Fsp3) is 0.318. The summed E-state index contributed by atoms with van der Waals surface area (Å²) in [5.41, 5.74) is 0.700. The summed E-state index contributed by atoms with van der Waals surface area (Å²) < 4.78 is 25.4. The monoisotopic (exact) mass is 426 g/mol. The Morgan fingerprint density at radius 3 is 2.17 bits per heavy atom. The minimum absolute atomic E-state index is 0.0141. The lowest BCUT2D eigenvalue weighted by atomic mass is 10.1. The molecule has 0 radical (unpaired) electrons. The Morgan fingerprint density at radius 2 is 1.53 bits per heavy atom. The number of imide groups is 1. The predicted molar refractivity (Wildman–Crippen MR) is 110 cm³/mol. The van der Waals surface area contributed by atoms with Crippen LogP contribution in [0.25, 0.3) is 0 Å². The SMILES string of the molecule is O=C1c2ccccc2C(=O)N1CCC(=O)N1CCCC1CS(=O)(=O)c1ccccc1. The first-order valence-corrected chi connectivity index (χ1v) is 11.6. The molecule has 0 N–H and O–H groups in total. The average Bonchev–Trinajstić information content (AvgIpc) is 3.30. The van der Waals surface area contributed by atoms with Crippen LogP contribution in [0.5, 0.6) is 0 Å². The van der Waals surface area contributed by atoms with Gasteiger partial charge < -0.3 is 4.90 Å². The van der Waals surface area contributed by atoms with Crippen LogP contribution in [-0.2, 0) is 14.6 Å². The molecule has 2 heterocycles. The molecule has 30 heavy (non-hydrogen) atoms. The standard InChI is InChI=1S/C22H22N2O5S/c25-20(12-14-24-21(26)18-10-4-5-11-19(18)22(24)27)23-13-6-7-16(23)15-30(28,29)17-8-2-1-3-9-17/h1-5,8-11,16H,6-7,12-15H2. The highest BCUT2D eigenvalue weighted by Gasteiger charge is 2.37. The first-order valence-electron chi connectivity index (χ1n) is 9.91. The zero-order chi connectivity index (χ0) is 21.3. The molecule has 4 rings (SSSR count). The molecule has 2 aliphatic rings. The number of amides is 3. The summed E-state index contributed by atoms with van der Waals surface area (Å²) in [7, 11) is -3.51. The Balaban J connectivity index is 1.40. The molecule has 8 heteroatoms. The smallest absolute Gasteiger partial charge is 0.261 e. The van der Waals surface area contributed by atoms with Gasteiger partial charge in [0.25, 0.3) is 11.8 Å². The van der Waals surface area contributed by atoms with E-state index in [4.69, 9.17) is 0 Å². The second-order valence-corrected chi connectivity index (χ2v) is 9.57. The van der Waals surface area contributed by atoms with Gasteiger partial charge in [-0.3, -0.25) is 19.3 Å². The molecule has 1 atom stereocenters. The zero-order valence-corrected chi connectivity index (χ0v) is 17.2. The van der Waals surface area contributed by atoms with E-state index in [0.717, 1.165) is 11.3 Å². The normalized spacial score (nSPS) is 18.7. The molecule has 2 aliphatic heterocycles. The van der Waals surface area contributed by atoms with Crippen LogP contribution in [0.1, 0.15) is 40.0 Å². The lowest BCUT2D eigenvalue weighted by Crippen LogP contribution is -2.41. The van der Waals surface area contributed by atoms with Crippen molar-refractivity contribution in [1.29, 1.82) is 0 Å². The molecule has 0 spiro atoms. The van der Waals surface area contributed by atoms with E-state index in [1.807, 2.05) is 0 Å². The van der Waals surface area contributed by atoms with E-state index in [9.17, 15) is 22.8 Å². The highest BCUT2D eigenvalue weighted by atomic mass is 32.2. The van der Waals surface area contributed by atoms with Crippen molar-refractivity contribution in [2.24, 2.45) is 0 Å². The van der Waals surface area contributed by atoms with Gasteiger partial charge in [0.15, 0.2) is 9.84 Å². The van der Waals surface area contributed by atoms with E-state index >= 15 is 0 Å². The van der Waals surface area contributed by atoms with Crippen LogP contribution in [0.4, 0.5) is 0 Å². The van der Waals surface area contributed by atoms with Gasteiger partial charge in [0.05, 0.1) is 21.8 Å². The summed E-state index contributed by atoms with van der Waals surface area (Å²) in [4.78, 5) is 40.6. The Hall–Kier alpha value is -3.00. The molecule has 0 bridgehead atoms. The summed E-state index contributed by atoms with van der Waals surface area (Å²) in [6.07, 6.45) is 1.33. The van der Waals surface area contributed by atoms with Crippen molar-refractivity contribution in [3.8, 4) is 0 Å². The number of sulfone groups is 1. The van der Waals surface area contributed by atoms with Crippen molar-refractivity contribution in [1.82, 2.24) is 9.80 Å². The van der Waals surface area contributed by atoms with E-state index in [1.54, 1.807) is 59.5 Å². The molecule has 0 aromatic heterocycles. The number of fused-ring (bicyclic) bond motifs is 1. The number of rotatable bonds is 6. The van der Waals surface area contributed by atoms with Gasteiger partial charge in [-0.05, 0) is 37.1 Å². The summed E-state index contributed by atoms with van der Waals surface area (Å²) in [5, 5.41) is 0. The minimum Gasteiger partial charge on any atom is -0.339 e. The number of hydrogen-bond acceptors (Lipinski definition) is 5. The van der Waals surface area contributed by atoms with E-state index < -0.39 is 27.7 Å². The van der Waals surface area contributed by atoms with Crippen molar-refractivity contribution >= 4 is 27.6 Å². The molecule has 7 nitrogen and oxygen atoms in total. The Morgan fingerprint density at radius 1 is 0.933 bits per heavy atom. The maximum absolute atomic E-state index is 12.8. The average molecular weight is 426 g/mol. The quantitative estimate of drug-likeness (QED) is 0.660. The summed E-state index contributed by atoms with van der Waals surface area (Å²) in [5.74, 6) is -1.16. The lowest BCUT2D eigenvalue weighted by molar-refractivity contribution is -0.131. The van der Waals surface area contributed by atoms with Crippen molar-refractivity contribution in [2.75, 3.05) is 18.8 Å². The number of carbonyl (C=O) groups excluding carboxylic acids is 3. The van der Waals surface area contributed by atoms with Crippen LogP contribution < -0.4 is 0 Å². The molecular formula is C22H22N2O5S. The fourth-order valence-electron chi connectivity index (χ4n) is 4.11. The number of carbonyl (C=O) groups is 3. The van der Waals surface area contributed by atoms with E-state index in [-0.39, 0.29) is 29.5 Å². The van der Waals surface area contributed by atoms with Crippen LogP contribution in [0.3, 0.4) is 0 Å². The molecule has 3 amide bonds. The zero-order valence-electron chi connectivity index (χ0n) is 16.4. The number of nitrogens with zero attached hydrogens (tertiary/aromatic N) is 2. The van der Waals surface area contributed by atoms with Crippen molar-refractivity contribution in [3.63, 3.8) is 0 Å². The largest absolute Gasteiger partial charge is 0.339 e. The Bertz CT molecular complexity index is 1060. The first-order chi connectivity index (χ1) is 14.4. The topological polar surface area (TPSA) is 91.8 Å². The van der Waals surface area contributed by atoms with Crippen molar-refractivity contribution in [3.05, 3.63) is 65.7 Å². The van der Waals surface area contributed by atoms with Gasteiger partial charge >= 0.3 is 0 Å². The third kappa shape index (κ3) is 3.75. The lowest BCUT2D eigenvalue weighted by Gasteiger charge is -2.25. The van der Waals surface area contributed by atoms with E-state index in [1.165, 1.54) is 0 Å². The third-order valence-electron chi connectivity index (χ3n) is 5.64. The minimum atomic E-state index is -3.51.